The van der Waals surface area contributed by atoms with Crippen LogP contribution in [0.5, 0.6) is 11.5 Å². The largest absolute Gasteiger partial charge is 0.507 e. The molecule has 0 radical (unpaired) electrons. The van der Waals surface area contributed by atoms with Gasteiger partial charge in [0.15, 0.2) is 0 Å². The Labute approximate surface area is 249 Å². The van der Waals surface area contributed by atoms with Crippen molar-refractivity contribution in [3.05, 3.63) is 141 Å². The molecule has 0 aliphatic carbocycles. The van der Waals surface area contributed by atoms with Crippen LogP contribution in [0.25, 0.3) is 21.8 Å². The number of carbonyl (C=O) groups excluding carboxylic acids is 1. The van der Waals surface area contributed by atoms with Crippen LogP contribution in [0, 0.1) is 0 Å². The van der Waals surface area contributed by atoms with Gasteiger partial charge in [0.05, 0.1) is 30.5 Å². The maximum Gasteiger partial charge on any atom is 0.258 e. The van der Waals surface area contributed by atoms with E-state index in [1.807, 2.05) is 103 Å². The molecule has 1 amide bonds. The number of fused-ring (bicyclic) bond motifs is 2. The number of ether oxygens (including phenoxy) is 1. The van der Waals surface area contributed by atoms with Gasteiger partial charge in [0, 0.05) is 35.6 Å². The van der Waals surface area contributed by atoms with E-state index in [-0.39, 0.29) is 22.8 Å². The molecule has 0 bridgehead atoms. The van der Waals surface area contributed by atoms with Crippen LogP contribution in [0.4, 0.5) is 0 Å². The first-order chi connectivity index (χ1) is 21.0. The number of amides is 1. The molecule has 43 heavy (non-hydrogen) atoms. The first-order valence-corrected chi connectivity index (χ1v) is 14.3. The number of hydrogen-bond acceptors (Lipinski definition) is 4. The van der Waals surface area contributed by atoms with Crippen LogP contribution >= 0.6 is 0 Å². The van der Waals surface area contributed by atoms with Crippen molar-refractivity contribution in [2.75, 3.05) is 13.7 Å². The number of para-hydroxylation sites is 2. The van der Waals surface area contributed by atoms with Crippen LogP contribution < -0.4 is 15.6 Å². The standard InChI is InChI=1S/C36H33N3O4/c1-39-30-18-9-7-16-28(30)35(41)33(36(39)42)32(24-13-10-14-25(22-24)43-2)34-27(26-15-6-8-17-29(26)38-34)19-20-37-31(40)21-23-11-4-3-5-12-23/h3-18,22,32,38,41H,19-21H2,1-2H3,(H,37,40). The lowest BCUT2D eigenvalue weighted by Gasteiger charge is -2.22. The van der Waals surface area contributed by atoms with Gasteiger partial charge in [-0.3, -0.25) is 9.59 Å². The predicted molar refractivity (Wildman–Crippen MR) is 170 cm³/mol. The number of nitrogens with one attached hydrogen (secondary N) is 2. The summed E-state index contributed by atoms with van der Waals surface area (Å²) in [4.78, 5) is 30.4. The second kappa shape index (κ2) is 11.9. The van der Waals surface area contributed by atoms with Gasteiger partial charge >= 0.3 is 0 Å². The summed E-state index contributed by atoms with van der Waals surface area (Å²) in [6, 6.07) is 32.6. The van der Waals surface area contributed by atoms with E-state index in [4.69, 9.17) is 4.74 Å². The molecule has 6 rings (SSSR count). The third-order valence-electron chi connectivity index (χ3n) is 8.07. The van der Waals surface area contributed by atoms with Crippen molar-refractivity contribution in [3.8, 4) is 11.5 Å². The van der Waals surface area contributed by atoms with Crippen molar-refractivity contribution in [1.82, 2.24) is 14.9 Å². The van der Waals surface area contributed by atoms with Gasteiger partial charge in [-0.15, -0.1) is 0 Å². The van der Waals surface area contributed by atoms with Crippen molar-refractivity contribution < 1.29 is 14.6 Å². The van der Waals surface area contributed by atoms with Gasteiger partial charge in [-0.25, -0.2) is 0 Å². The van der Waals surface area contributed by atoms with Gasteiger partial charge in [0.25, 0.3) is 5.56 Å². The number of carbonyl (C=O) groups is 1. The summed E-state index contributed by atoms with van der Waals surface area (Å²) < 4.78 is 7.14. The monoisotopic (exact) mass is 571 g/mol. The van der Waals surface area contributed by atoms with E-state index < -0.39 is 5.92 Å². The Bertz CT molecular complexity index is 1990. The number of pyridine rings is 1. The third kappa shape index (κ3) is 5.37. The van der Waals surface area contributed by atoms with Crippen LogP contribution in [0.15, 0.2) is 108 Å². The fraction of sp³-hybridized carbons (Fsp3) is 0.167. The molecule has 6 aromatic rings. The van der Waals surface area contributed by atoms with E-state index in [9.17, 15) is 14.7 Å². The summed E-state index contributed by atoms with van der Waals surface area (Å²) in [5, 5.41) is 16.4. The van der Waals surface area contributed by atoms with Crippen molar-refractivity contribution in [3.63, 3.8) is 0 Å². The molecule has 7 heteroatoms. The Kier molecular flexibility index (Phi) is 7.71. The van der Waals surface area contributed by atoms with E-state index in [1.54, 1.807) is 18.7 Å². The molecule has 0 saturated carbocycles. The van der Waals surface area contributed by atoms with Crippen molar-refractivity contribution in [2.45, 2.75) is 18.8 Å². The number of nitrogens with zero attached hydrogens (tertiary/aromatic N) is 1. The lowest BCUT2D eigenvalue weighted by atomic mass is 9.85. The number of methoxy groups -OCH3 is 1. The molecule has 0 spiro atoms. The highest BCUT2D eigenvalue weighted by Crippen LogP contribution is 2.41. The van der Waals surface area contributed by atoms with E-state index in [1.165, 1.54) is 0 Å². The highest BCUT2D eigenvalue weighted by atomic mass is 16.5. The molecule has 3 N–H and O–H groups in total. The number of hydrogen-bond donors (Lipinski definition) is 3. The fourth-order valence-corrected chi connectivity index (χ4v) is 5.97. The van der Waals surface area contributed by atoms with E-state index >= 15 is 0 Å². The maximum absolute atomic E-state index is 14.1. The number of aromatic amines is 1. The third-order valence-corrected chi connectivity index (χ3v) is 8.07. The van der Waals surface area contributed by atoms with Gasteiger partial charge in [0.1, 0.15) is 11.5 Å². The number of benzene rings is 4. The Morgan fingerprint density at radius 1 is 0.930 bits per heavy atom. The summed E-state index contributed by atoms with van der Waals surface area (Å²) in [6.45, 7) is 0.410. The van der Waals surface area contributed by atoms with Crippen molar-refractivity contribution in [2.24, 2.45) is 7.05 Å². The summed E-state index contributed by atoms with van der Waals surface area (Å²) >= 11 is 0. The minimum Gasteiger partial charge on any atom is -0.507 e. The normalized spacial score (nSPS) is 12.0. The molecule has 4 aromatic carbocycles. The number of aromatic hydroxyl groups is 1. The minimum absolute atomic E-state index is 0.0488. The maximum atomic E-state index is 14.1. The number of aryl methyl sites for hydroxylation is 1. The molecule has 0 aliphatic rings. The fourth-order valence-electron chi connectivity index (χ4n) is 5.97. The molecule has 1 unspecified atom stereocenters. The summed E-state index contributed by atoms with van der Waals surface area (Å²) in [6.07, 6.45) is 0.823. The number of aromatic nitrogens is 2. The van der Waals surface area contributed by atoms with E-state index in [2.05, 4.69) is 10.3 Å². The summed E-state index contributed by atoms with van der Waals surface area (Å²) in [5.74, 6) is -0.100. The average molecular weight is 572 g/mol. The molecular weight excluding hydrogens is 538 g/mol. The van der Waals surface area contributed by atoms with Gasteiger partial charge in [-0.05, 0) is 53.4 Å². The minimum atomic E-state index is -0.638. The second-order valence-electron chi connectivity index (χ2n) is 10.7. The zero-order valence-corrected chi connectivity index (χ0v) is 24.1. The molecule has 0 saturated heterocycles. The zero-order valence-electron chi connectivity index (χ0n) is 24.1. The number of H-pyrrole nitrogens is 1. The molecule has 7 nitrogen and oxygen atoms in total. The molecule has 216 valence electrons. The first kappa shape index (κ1) is 27.8. The SMILES string of the molecule is COc1cccc(C(c2[nH]c3ccccc3c2CCNC(=O)Cc2ccccc2)c2c(O)c3ccccc3n(C)c2=O)c1. The topological polar surface area (TPSA) is 96.3 Å². The van der Waals surface area contributed by atoms with Crippen LogP contribution in [0.2, 0.25) is 0 Å². The molecule has 2 heterocycles. The Morgan fingerprint density at radius 3 is 2.44 bits per heavy atom. The molecular formula is C36H33N3O4. The van der Waals surface area contributed by atoms with Gasteiger partial charge in [0.2, 0.25) is 5.91 Å². The second-order valence-corrected chi connectivity index (χ2v) is 10.7. The van der Waals surface area contributed by atoms with Crippen LogP contribution in [-0.4, -0.2) is 34.2 Å². The molecule has 0 fully saturated rings. The van der Waals surface area contributed by atoms with Crippen LogP contribution in [0.1, 0.15) is 33.9 Å². The first-order valence-electron chi connectivity index (χ1n) is 14.3. The van der Waals surface area contributed by atoms with E-state index in [0.717, 1.165) is 33.3 Å². The van der Waals surface area contributed by atoms with Gasteiger partial charge in [-0.1, -0.05) is 72.8 Å². The zero-order chi connectivity index (χ0) is 29.9. The van der Waals surface area contributed by atoms with Crippen LogP contribution in [-0.2, 0) is 24.7 Å². The predicted octanol–water partition coefficient (Wildman–Crippen LogP) is 5.82. The smallest absolute Gasteiger partial charge is 0.258 e. The number of rotatable bonds is 9. The Balaban J connectivity index is 1.48. The quantitative estimate of drug-likeness (QED) is 0.204. The Morgan fingerprint density at radius 2 is 1.65 bits per heavy atom. The highest BCUT2D eigenvalue weighted by molar-refractivity contribution is 5.88. The van der Waals surface area contributed by atoms with Gasteiger partial charge in [-0.2, -0.15) is 0 Å². The molecule has 2 aromatic heterocycles. The highest BCUT2D eigenvalue weighted by Gasteiger charge is 2.30. The van der Waals surface area contributed by atoms with Crippen molar-refractivity contribution >= 4 is 27.7 Å². The average Bonchev–Trinajstić information content (AvgIpc) is 3.40. The van der Waals surface area contributed by atoms with E-state index in [0.29, 0.717) is 36.0 Å². The molecule has 1 atom stereocenters. The lowest BCUT2D eigenvalue weighted by molar-refractivity contribution is -0.120. The lowest BCUT2D eigenvalue weighted by Crippen LogP contribution is -2.28. The molecule has 0 aliphatic heterocycles. The van der Waals surface area contributed by atoms with Crippen molar-refractivity contribution in [1.29, 1.82) is 0 Å². The summed E-state index contributed by atoms with van der Waals surface area (Å²) in [7, 11) is 3.33. The summed E-state index contributed by atoms with van der Waals surface area (Å²) in [5.41, 5.74) is 5.05. The van der Waals surface area contributed by atoms with Gasteiger partial charge < -0.3 is 24.7 Å². The van der Waals surface area contributed by atoms with Crippen LogP contribution in [0.3, 0.4) is 0 Å². The Hall–Kier alpha value is -5.30.